The first-order chi connectivity index (χ1) is 8.16. The molecule has 0 amide bonds. The Labute approximate surface area is 111 Å². The molecule has 1 aromatic carbocycles. The summed E-state index contributed by atoms with van der Waals surface area (Å²) in [7, 11) is 0. The van der Waals surface area contributed by atoms with Gasteiger partial charge in [0, 0.05) is 16.7 Å². The Kier molecular flexibility index (Phi) is 4.07. The third kappa shape index (κ3) is 2.81. The molecule has 2 unspecified atom stereocenters. The Hall–Kier alpha value is -0.580. The molecule has 1 heterocycles. The van der Waals surface area contributed by atoms with E-state index in [1.807, 2.05) is 24.3 Å². The fraction of sp³-hybridized carbons (Fsp3) is 0.538. The van der Waals surface area contributed by atoms with Gasteiger partial charge in [-0.05, 0) is 37.1 Å². The van der Waals surface area contributed by atoms with E-state index in [1.54, 1.807) is 0 Å². The Bertz CT molecular complexity index is 385. The molecule has 3 N–H and O–H groups in total. The second-order valence-corrected chi connectivity index (χ2v) is 5.72. The highest BCUT2D eigenvalue weighted by Crippen LogP contribution is 2.29. The molecule has 0 aliphatic carbocycles. The molecule has 17 heavy (non-hydrogen) atoms. The van der Waals surface area contributed by atoms with Crippen LogP contribution in [0.15, 0.2) is 28.7 Å². The van der Waals surface area contributed by atoms with Gasteiger partial charge in [0.2, 0.25) is 0 Å². The quantitative estimate of drug-likeness (QED) is 0.802. The highest BCUT2D eigenvalue weighted by atomic mass is 79.9. The van der Waals surface area contributed by atoms with E-state index in [9.17, 15) is 5.11 Å². The monoisotopic (exact) mass is 298 g/mol. The number of benzene rings is 1. The molecule has 1 fully saturated rings. The van der Waals surface area contributed by atoms with Crippen molar-refractivity contribution in [1.82, 2.24) is 5.32 Å². The van der Waals surface area contributed by atoms with Crippen molar-refractivity contribution in [1.29, 1.82) is 0 Å². The average molecular weight is 299 g/mol. The summed E-state index contributed by atoms with van der Waals surface area (Å²) < 4.78 is 1.05. The molecule has 1 aliphatic heterocycles. The van der Waals surface area contributed by atoms with Crippen molar-refractivity contribution < 1.29 is 5.11 Å². The topological polar surface area (TPSA) is 44.3 Å². The smallest absolute Gasteiger partial charge is 0.0665 e. The maximum Gasteiger partial charge on any atom is 0.0665 e. The van der Waals surface area contributed by atoms with Crippen molar-refractivity contribution in [3.05, 3.63) is 28.7 Å². The zero-order valence-electron chi connectivity index (χ0n) is 10.0. The van der Waals surface area contributed by atoms with Crippen molar-refractivity contribution >= 4 is 21.6 Å². The lowest BCUT2D eigenvalue weighted by molar-refractivity contribution is 0.135. The maximum atomic E-state index is 9.74. The largest absolute Gasteiger partial charge is 0.394 e. The predicted molar refractivity (Wildman–Crippen MR) is 74.2 cm³/mol. The van der Waals surface area contributed by atoms with Crippen LogP contribution in [0, 0.1) is 5.92 Å². The lowest BCUT2D eigenvalue weighted by Crippen LogP contribution is -2.56. The number of piperidine rings is 1. The van der Waals surface area contributed by atoms with Crippen LogP contribution in [0.4, 0.5) is 5.69 Å². The predicted octanol–water partition coefficient (Wildman–Crippen LogP) is 2.22. The van der Waals surface area contributed by atoms with E-state index >= 15 is 0 Å². The summed E-state index contributed by atoms with van der Waals surface area (Å²) in [5.41, 5.74) is 0.855. The van der Waals surface area contributed by atoms with E-state index in [1.165, 1.54) is 0 Å². The third-order valence-electron chi connectivity index (χ3n) is 3.64. The SMILES string of the molecule is CC1CNCCC1(CO)Nc1cccc(Br)c1. The van der Waals surface area contributed by atoms with Crippen LogP contribution in [0.5, 0.6) is 0 Å². The van der Waals surface area contributed by atoms with Gasteiger partial charge in [0.1, 0.15) is 0 Å². The minimum Gasteiger partial charge on any atom is -0.394 e. The van der Waals surface area contributed by atoms with Crippen LogP contribution in [0.25, 0.3) is 0 Å². The highest BCUT2D eigenvalue weighted by Gasteiger charge is 2.37. The molecule has 2 rings (SSSR count). The summed E-state index contributed by atoms with van der Waals surface area (Å²) in [6, 6.07) is 8.09. The molecule has 3 nitrogen and oxygen atoms in total. The molecule has 1 saturated heterocycles. The molecule has 0 bridgehead atoms. The number of aliphatic hydroxyl groups excluding tert-OH is 1. The Morgan fingerprint density at radius 1 is 1.59 bits per heavy atom. The standard InChI is InChI=1S/C13H19BrN2O/c1-10-8-15-6-5-13(10,9-17)16-12-4-2-3-11(14)7-12/h2-4,7,10,15-17H,5-6,8-9H2,1H3. The second kappa shape index (κ2) is 5.38. The van der Waals surface area contributed by atoms with Crippen molar-refractivity contribution in [3.63, 3.8) is 0 Å². The molecule has 0 radical (unpaired) electrons. The van der Waals surface area contributed by atoms with Crippen LogP contribution < -0.4 is 10.6 Å². The number of rotatable bonds is 3. The van der Waals surface area contributed by atoms with Gasteiger partial charge in [-0.2, -0.15) is 0 Å². The Morgan fingerprint density at radius 3 is 3.06 bits per heavy atom. The molecule has 4 heteroatoms. The van der Waals surface area contributed by atoms with Gasteiger partial charge in [-0.3, -0.25) is 0 Å². The first-order valence-corrected chi connectivity index (χ1v) is 6.81. The van der Waals surface area contributed by atoms with E-state index in [0.717, 1.165) is 29.7 Å². The molecule has 0 spiro atoms. The molecule has 94 valence electrons. The zero-order valence-corrected chi connectivity index (χ0v) is 11.6. The van der Waals surface area contributed by atoms with Crippen molar-refractivity contribution in [2.75, 3.05) is 25.0 Å². The summed E-state index contributed by atoms with van der Waals surface area (Å²) in [6.07, 6.45) is 0.942. The van der Waals surface area contributed by atoms with Crippen molar-refractivity contribution in [2.24, 2.45) is 5.92 Å². The molecule has 1 aliphatic rings. The van der Waals surface area contributed by atoms with E-state index in [-0.39, 0.29) is 12.1 Å². The number of halogens is 1. The lowest BCUT2D eigenvalue weighted by atomic mass is 9.80. The number of hydrogen-bond acceptors (Lipinski definition) is 3. The summed E-state index contributed by atoms with van der Waals surface area (Å²) >= 11 is 3.47. The molecule has 0 saturated carbocycles. The van der Waals surface area contributed by atoms with Gasteiger partial charge < -0.3 is 15.7 Å². The lowest BCUT2D eigenvalue weighted by Gasteiger charge is -2.43. The van der Waals surface area contributed by atoms with E-state index in [4.69, 9.17) is 0 Å². The van der Waals surface area contributed by atoms with Crippen LogP contribution in [0.1, 0.15) is 13.3 Å². The second-order valence-electron chi connectivity index (χ2n) is 4.80. The van der Waals surface area contributed by atoms with Gasteiger partial charge in [0.15, 0.2) is 0 Å². The van der Waals surface area contributed by atoms with Gasteiger partial charge in [-0.1, -0.05) is 28.9 Å². The van der Waals surface area contributed by atoms with Crippen molar-refractivity contribution in [2.45, 2.75) is 18.9 Å². The van der Waals surface area contributed by atoms with Gasteiger partial charge in [-0.15, -0.1) is 0 Å². The summed E-state index contributed by atoms with van der Waals surface area (Å²) in [4.78, 5) is 0. The molecule has 1 aromatic rings. The maximum absolute atomic E-state index is 9.74. The van der Waals surface area contributed by atoms with E-state index in [0.29, 0.717) is 5.92 Å². The van der Waals surface area contributed by atoms with E-state index < -0.39 is 0 Å². The highest BCUT2D eigenvalue weighted by molar-refractivity contribution is 9.10. The Balaban J connectivity index is 2.18. The fourth-order valence-electron chi connectivity index (χ4n) is 2.39. The third-order valence-corrected chi connectivity index (χ3v) is 4.14. The number of aliphatic hydroxyl groups is 1. The Morgan fingerprint density at radius 2 is 2.41 bits per heavy atom. The van der Waals surface area contributed by atoms with Crippen LogP contribution in [-0.2, 0) is 0 Å². The van der Waals surface area contributed by atoms with Crippen LogP contribution in [0.2, 0.25) is 0 Å². The van der Waals surface area contributed by atoms with Crippen molar-refractivity contribution in [3.8, 4) is 0 Å². The fourth-order valence-corrected chi connectivity index (χ4v) is 2.78. The zero-order chi connectivity index (χ0) is 12.3. The molecule has 2 atom stereocenters. The minimum absolute atomic E-state index is 0.169. The van der Waals surface area contributed by atoms with E-state index in [2.05, 4.69) is 33.5 Å². The number of hydrogen-bond donors (Lipinski definition) is 3. The summed E-state index contributed by atoms with van der Waals surface area (Å²) in [5, 5.41) is 16.6. The summed E-state index contributed by atoms with van der Waals surface area (Å²) in [5.74, 6) is 0.403. The van der Waals surface area contributed by atoms with Gasteiger partial charge >= 0.3 is 0 Å². The summed E-state index contributed by atoms with van der Waals surface area (Å²) in [6.45, 7) is 4.24. The molecule has 0 aromatic heterocycles. The van der Waals surface area contributed by atoms with Gasteiger partial charge in [0.05, 0.1) is 12.1 Å². The normalized spacial score (nSPS) is 29.0. The van der Waals surface area contributed by atoms with Crippen LogP contribution in [-0.4, -0.2) is 30.3 Å². The van der Waals surface area contributed by atoms with Gasteiger partial charge in [-0.25, -0.2) is 0 Å². The molecular formula is C13H19BrN2O. The minimum atomic E-state index is -0.202. The number of nitrogens with one attached hydrogen (secondary N) is 2. The average Bonchev–Trinajstić information content (AvgIpc) is 2.32. The van der Waals surface area contributed by atoms with Crippen LogP contribution in [0.3, 0.4) is 0 Å². The number of anilines is 1. The first-order valence-electron chi connectivity index (χ1n) is 6.02. The molecular weight excluding hydrogens is 280 g/mol. The van der Waals surface area contributed by atoms with Crippen LogP contribution >= 0.6 is 15.9 Å². The first kappa shape index (κ1) is 12.9. The van der Waals surface area contributed by atoms with Gasteiger partial charge in [0.25, 0.3) is 0 Å².